The molecule has 32 heavy (non-hydrogen) atoms. The summed E-state index contributed by atoms with van der Waals surface area (Å²) in [6, 6.07) is 13.7. The number of hydrogen-bond acceptors (Lipinski definition) is 5. The zero-order chi connectivity index (χ0) is 23.1. The van der Waals surface area contributed by atoms with Crippen molar-refractivity contribution in [2.45, 2.75) is 33.1 Å². The highest BCUT2D eigenvalue weighted by Crippen LogP contribution is 2.34. The van der Waals surface area contributed by atoms with Crippen LogP contribution in [-0.2, 0) is 25.5 Å². The molecule has 7 nitrogen and oxygen atoms in total. The number of carbonyl (C=O) groups excluding carboxylic acids is 3. The van der Waals surface area contributed by atoms with Crippen molar-refractivity contribution in [2.75, 3.05) is 31.7 Å². The Morgan fingerprint density at radius 1 is 1.09 bits per heavy atom. The van der Waals surface area contributed by atoms with Gasteiger partial charge in [0, 0.05) is 19.4 Å². The number of nitrogens with one attached hydrogen (secondary N) is 1. The Labute approximate surface area is 188 Å². The van der Waals surface area contributed by atoms with Gasteiger partial charge in [0.05, 0.1) is 25.3 Å². The summed E-state index contributed by atoms with van der Waals surface area (Å²) >= 11 is 0. The van der Waals surface area contributed by atoms with Gasteiger partial charge >= 0.3 is 5.97 Å². The van der Waals surface area contributed by atoms with Crippen molar-refractivity contribution in [1.82, 2.24) is 5.32 Å². The van der Waals surface area contributed by atoms with Crippen LogP contribution in [0.5, 0.6) is 5.75 Å². The van der Waals surface area contributed by atoms with Gasteiger partial charge in [-0.2, -0.15) is 0 Å². The van der Waals surface area contributed by atoms with Crippen molar-refractivity contribution in [1.29, 1.82) is 0 Å². The van der Waals surface area contributed by atoms with Crippen LogP contribution in [0.2, 0.25) is 0 Å². The number of esters is 1. The van der Waals surface area contributed by atoms with Crippen LogP contribution >= 0.6 is 0 Å². The van der Waals surface area contributed by atoms with Gasteiger partial charge < -0.3 is 19.7 Å². The molecule has 1 N–H and O–H groups in total. The number of rotatable bonds is 9. The molecule has 0 radical (unpaired) electrons. The van der Waals surface area contributed by atoms with Crippen molar-refractivity contribution < 1.29 is 23.9 Å². The lowest BCUT2D eigenvalue weighted by Gasteiger charge is -2.20. The Morgan fingerprint density at radius 3 is 2.53 bits per heavy atom. The van der Waals surface area contributed by atoms with Gasteiger partial charge in [-0.25, -0.2) is 0 Å². The monoisotopic (exact) mass is 438 g/mol. The molecule has 1 saturated heterocycles. The minimum Gasteiger partial charge on any atom is -0.495 e. The fourth-order valence-corrected chi connectivity index (χ4v) is 3.67. The largest absolute Gasteiger partial charge is 0.495 e. The van der Waals surface area contributed by atoms with Crippen LogP contribution in [-0.4, -0.2) is 44.6 Å². The third-order valence-corrected chi connectivity index (χ3v) is 5.51. The van der Waals surface area contributed by atoms with Gasteiger partial charge in [0.15, 0.2) is 0 Å². The minimum atomic E-state index is -0.537. The van der Waals surface area contributed by atoms with Crippen LogP contribution in [0.15, 0.2) is 42.5 Å². The molecule has 1 fully saturated rings. The third kappa shape index (κ3) is 6.09. The molecular formula is C25H30N2O5. The van der Waals surface area contributed by atoms with Crippen LogP contribution in [0, 0.1) is 19.8 Å². The number of amides is 2. The highest BCUT2D eigenvalue weighted by Gasteiger charge is 2.37. The lowest BCUT2D eigenvalue weighted by atomic mass is 10.1. The normalized spacial score (nSPS) is 15.5. The number of benzene rings is 2. The predicted molar refractivity (Wildman–Crippen MR) is 122 cm³/mol. The standard InChI is InChI=1S/C25H30N2O5/c1-17-4-7-19(8-5-17)9-11-23(28)26-12-13-32-25(30)20-15-24(29)27(16-20)21-14-18(2)6-10-22(21)31-3/h4-8,10,14,20H,9,11-13,15-16H2,1-3H3,(H,26,28). The van der Waals surface area contributed by atoms with Crippen molar-refractivity contribution in [3.63, 3.8) is 0 Å². The van der Waals surface area contributed by atoms with Gasteiger partial charge in [0.1, 0.15) is 12.4 Å². The van der Waals surface area contributed by atoms with Gasteiger partial charge in [0.2, 0.25) is 11.8 Å². The average molecular weight is 439 g/mol. The molecule has 2 aromatic rings. The molecule has 1 heterocycles. The molecule has 2 aromatic carbocycles. The first-order valence-corrected chi connectivity index (χ1v) is 10.8. The lowest BCUT2D eigenvalue weighted by Crippen LogP contribution is -2.30. The SMILES string of the molecule is COc1ccc(C)cc1N1CC(C(=O)OCCNC(=O)CCc2ccc(C)cc2)CC1=O. The van der Waals surface area contributed by atoms with E-state index in [4.69, 9.17) is 9.47 Å². The van der Waals surface area contributed by atoms with E-state index in [1.54, 1.807) is 12.0 Å². The van der Waals surface area contributed by atoms with Crippen molar-refractivity contribution >= 4 is 23.5 Å². The number of hydrogen-bond donors (Lipinski definition) is 1. The Bertz CT molecular complexity index is 971. The summed E-state index contributed by atoms with van der Waals surface area (Å²) in [6.45, 7) is 4.53. The molecular weight excluding hydrogens is 408 g/mol. The van der Waals surface area contributed by atoms with Crippen LogP contribution in [0.25, 0.3) is 0 Å². The molecule has 0 saturated carbocycles. The number of methoxy groups -OCH3 is 1. The second-order valence-corrected chi connectivity index (χ2v) is 8.08. The van der Waals surface area contributed by atoms with E-state index in [0.29, 0.717) is 24.3 Å². The lowest BCUT2D eigenvalue weighted by molar-refractivity contribution is -0.148. The highest BCUT2D eigenvalue weighted by molar-refractivity contribution is 6.00. The van der Waals surface area contributed by atoms with Crippen molar-refractivity contribution in [3.05, 3.63) is 59.2 Å². The van der Waals surface area contributed by atoms with Crippen molar-refractivity contribution in [3.8, 4) is 5.75 Å². The Balaban J connectivity index is 1.41. The van der Waals surface area contributed by atoms with E-state index in [1.165, 1.54) is 5.56 Å². The first-order valence-electron chi connectivity index (χ1n) is 10.8. The molecule has 0 bridgehead atoms. The molecule has 1 atom stereocenters. The molecule has 1 unspecified atom stereocenters. The van der Waals surface area contributed by atoms with E-state index in [0.717, 1.165) is 11.1 Å². The summed E-state index contributed by atoms with van der Waals surface area (Å²) in [7, 11) is 1.55. The summed E-state index contributed by atoms with van der Waals surface area (Å²) in [5.41, 5.74) is 3.95. The minimum absolute atomic E-state index is 0.0769. The van der Waals surface area contributed by atoms with Crippen LogP contribution < -0.4 is 15.0 Å². The smallest absolute Gasteiger partial charge is 0.311 e. The molecule has 1 aliphatic rings. The number of nitrogens with zero attached hydrogens (tertiary/aromatic N) is 1. The maximum absolute atomic E-state index is 12.5. The van der Waals surface area contributed by atoms with Gasteiger partial charge in [-0.05, 0) is 43.5 Å². The fourth-order valence-electron chi connectivity index (χ4n) is 3.67. The Hall–Kier alpha value is -3.35. The summed E-state index contributed by atoms with van der Waals surface area (Å²) in [5.74, 6) is -0.603. The van der Waals surface area contributed by atoms with E-state index < -0.39 is 11.9 Å². The van der Waals surface area contributed by atoms with Gasteiger partial charge in [-0.1, -0.05) is 35.9 Å². The average Bonchev–Trinajstić information content (AvgIpc) is 3.17. The van der Waals surface area contributed by atoms with E-state index in [-0.39, 0.29) is 37.9 Å². The summed E-state index contributed by atoms with van der Waals surface area (Å²) < 4.78 is 10.7. The van der Waals surface area contributed by atoms with Gasteiger partial charge in [0.25, 0.3) is 0 Å². The summed E-state index contributed by atoms with van der Waals surface area (Å²) in [6.07, 6.45) is 1.13. The highest BCUT2D eigenvalue weighted by atomic mass is 16.5. The van der Waals surface area contributed by atoms with Crippen molar-refractivity contribution in [2.24, 2.45) is 5.92 Å². The number of ether oxygens (including phenoxy) is 2. The van der Waals surface area contributed by atoms with E-state index in [1.807, 2.05) is 56.3 Å². The second-order valence-electron chi connectivity index (χ2n) is 8.08. The maximum atomic E-state index is 12.5. The molecule has 0 aliphatic carbocycles. The molecule has 2 amide bonds. The van der Waals surface area contributed by atoms with Gasteiger partial charge in [-0.3, -0.25) is 14.4 Å². The Morgan fingerprint density at radius 2 is 1.81 bits per heavy atom. The topological polar surface area (TPSA) is 84.9 Å². The number of anilines is 1. The number of carbonyl (C=O) groups is 3. The Kier molecular flexibility index (Phi) is 7.87. The molecule has 0 aromatic heterocycles. The first-order chi connectivity index (χ1) is 15.4. The van der Waals surface area contributed by atoms with E-state index >= 15 is 0 Å². The summed E-state index contributed by atoms with van der Waals surface area (Å²) in [5, 5.41) is 2.76. The predicted octanol–water partition coefficient (Wildman–Crippen LogP) is 2.96. The second kappa shape index (κ2) is 10.8. The quantitative estimate of drug-likeness (QED) is 0.481. The zero-order valence-electron chi connectivity index (χ0n) is 18.8. The van der Waals surface area contributed by atoms with Crippen LogP contribution in [0.1, 0.15) is 29.5 Å². The first kappa shape index (κ1) is 23.3. The van der Waals surface area contributed by atoms with Gasteiger partial charge in [-0.15, -0.1) is 0 Å². The molecule has 7 heteroatoms. The number of aryl methyl sites for hydroxylation is 3. The van der Waals surface area contributed by atoms with Crippen LogP contribution in [0.3, 0.4) is 0 Å². The summed E-state index contributed by atoms with van der Waals surface area (Å²) in [4.78, 5) is 38.5. The fraction of sp³-hybridized carbons (Fsp3) is 0.400. The maximum Gasteiger partial charge on any atom is 0.311 e. The van der Waals surface area contributed by atoms with Crippen LogP contribution in [0.4, 0.5) is 5.69 Å². The third-order valence-electron chi connectivity index (χ3n) is 5.51. The van der Waals surface area contributed by atoms with E-state index in [9.17, 15) is 14.4 Å². The zero-order valence-corrected chi connectivity index (χ0v) is 18.8. The molecule has 3 rings (SSSR count). The van der Waals surface area contributed by atoms with E-state index in [2.05, 4.69) is 5.32 Å². The molecule has 170 valence electrons. The molecule has 1 aliphatic heterocycles. The molecule has 0 spiro atoms.